The molecule has 3 amide bonds. The van der Waals surface area contributed by atoms with Crippen molar-refractivity contribution >= 4 is 45.1 Å². The van der Waals surface area contributed by atoms with E-state index in [9.17, 15) is 23.6 Å². The second-order valence-corrected chi connectivity index (χ2v) is 8.06. The summed E-state index contributed by atoms with van der Waals surface area (Å²) < 4.78 is 15.5. The number of primary amides is 1. The topological polar surface area (TPSA) is 156 Å². The van der Waals surface area contributed by atoms with E-state index in [0.717, 1.165) is 10.8 Å². The van der Waals surface area contributed by atoms with Crippen molar-refractivity contribution in [2.45, 2.75) is 25.4 Å². The average molecular weight is 473 g/mol. The molecular weight excluding hydrogens is 453 g/mol. The van der Waals surface area contributed by atoms with Crippen molar-refractivity contribution in [1.82, 2.24) is 14.9 Å². The van der Waals surface area contributed by atoms with Gasteiger partial charge in [0.1, 0.15) is 22.6 Å². The summed E-state index contributed by atoms with van der Waals surface area (Å²) in [4.78, 5) is 51.6. The van der Waals surface area contributed by atoms with Crippen LogP contribution in [0.3, 0.4) is 0 Å². The molecule has 2 aromatic heterocycles. The lowest BCUT2D eigenvalue weighted by atomic mass is 10.1. The van der Waals surface area contributed by atoms with Crippen LogP contribution in [0.1, 0.15) is 17.8 Å². The van der Waals surface area contributed by atoms with Crippen molar-refractivity contribution in [2.75, 3.05) is 5.32 Å². The number of pyridine rings is 1. The highest BCUT2D eigenvalue weighted by Crippen LogP contribution is 2.23. The van der Waals surface area contributed by atoms with Gasteiger partial charge in [0.15, 0.2) is 0 Å². The van der Waals surface area contributed by atoms with Crippen LogP contribution in [0.5, 0.6) is 0 Å². The first-order valence-electron chi connectivity index (χ1n) is 9.73. The number of amides is 3. The normalized spacial score (nSPS) is 12.0. The highest BCUT2D eigenvalue weighted by atomic mass is 32.1. The Labute approximate surface area is 190 Å². The number of carbonyl (C=O) groups is 3. The lowest BCUT2D eigenvalue weighted by molar-refractivity contribution is -0.118. The Morgan fingerprint density at radius 3 is 2.82 bits per heavy atom. The number of anilines is 1. The van der Waals surface area contributed by atoms with Gasteiger partial charge in [-0.3, -0.25) is 14.4 Å². The summed E-state index contributed by atoms with van der Waals surface area (Å²) in [6.07, 6.45) is 2.90. The molecule has 0 saturated carbocycles. The number of benzene rings is 1. The highest BCUT2D eigenvalue weighted by Gasteiger charge is 2.21. The third-order valence-electron chi connectivity index (χ3n) is 4.50. The summed E-state index contributed by atoms with van der Waals surface area (Å²) in [5, 5.41) is 14.1. The third-order valence-corrected chi connectivity index (χ3v) is 5.52. The van der Waals surface area contributed by atoms with Crippen LogP contribution in [-0.2, 0) is 16.1 Å². The zero-order chi connectivity index (χ0) is 24.0. The van der Waals surface area contributed by atoms with Gasteiger partial charge in [-0.25, -0.2) is 14.2 Å². The molecule has 3 aromatic rings. The molecule has 0 spiro atoms. The quantitative estimate of drug-likeness (QED) is 0.348. The molecule has 1 atom stereocenters. The Morgan fingerprint density at radius 2 is 2.09 bits per heavy atom. The second kappa shape index (κ2) is 10.5. The monoisotopic (exact) mass is 473 g/mol. The van der Waals surface area contributed by atoms with Crippen LogP contribution >= 0.6 is 11.3 Å². The molecule has 5 N–H and O–H groups in total. The van der Waals surface area contributed by atoms with Gasteiger partial charge < -0.3 is 26.0 Å². The van der Waals surface area contributed by atoms with Crippen LogP contribution in [0.15, 0.2) is 53.5 Å². The minimum Gasteiger partial charge on any atom is -0.465 e. The van der Waals surface area contributed by atoms with Gasteiger partial charge in [0, 0.05) is 12.3 Å². The Kier molecular flexibility index (Phi) is 7.51. The summed E-state index contributed by atoms with van der Waals surface area (Å²) in [6.45, 7) is 0.109. The molecule has 0 radical (unpaired) electrons. The maximum Gasteiger partial charge on any atom is 0.405 e. The smallest absolute Gasteiger partial charge is 0.405 e. The molecule has 172 valence electrons. The highest BCUT2D eigenvalue weighted by molar-refractivity contribution is 7.18. The molecule has 33 heavy (non-hydrogen) atoms. The number of nitrogens with one attached hydrogen (secondary N) is 2. The molecule has 0 aliphatic heterocycles. The summed E-state index contributed by atoms with van der Waals surface area (Å²) in [7, 11) is 0. The number of carboxylic acid groups (broad SMARTS) is 1. The molecule has 0 bridgehead atoms. The molecule has 0 aliphatic carbocycles. The maximum absolute atomic E-state index is 13.4. The van der Waals surface area contributed by atoms with E-state index in [0.29, 0.717) is 10.5 Å². The first-order chi connectivity index (χ1) is 15.7. The molecule has 3 rings (SSSR count). The lowest BCUT2D eigenvalue weighted by Gasteiger charge is -2.16. The number of thiazole rings is 1. The third kappa shape index (κ3) is 6.46. The van der Waals surface area contributed by atoms with E-state index in [1.54, 1.807) is 12.1 Å². The van der Waals surface area contributed by atoms with E-state index >= 15 is 0 Å². The van der Waals surface area contributed by atoms with E-state index < -0.39 is 35.3 Å². The number of aromatic nitrogens is 2. The molecular formula is C21H20FN5O5S. The number of nitrogens with zero attached hydrogens (tertiary/aromatic N) is 2. The van der Waals surface area contributed by atoms with Gasteiger partial charge in [0.2, 0.25) is 11.8 Å². The fraction of sp³-hybridized carbons (Fsp3) is 0.190. The molecule has 0 saturated heterocycles. The van der Waals surface area contributed by atoms with Gasteiger partial charge >= 0.3 is 6.09 Å². The largest absolute Gasteiger partial charge is 0.465 e. The van der Waals surface area contributed by atoms with Crippen LogP contribution in [0.25, 0.3) is 10.2 Å². The number of rotatable bonds is 9. The maximum atomic E-state index is 13.4. The standard InChI is InChI=1S/C21H20FN5O5S/c22-12-7-8-16-15(10-12)24-18(33-16)11-27-9-3-5-14(20(27)30)25-19(29)13(26-21(31)32)4-1-2-6-17(23)28/h2-3,5-10,13,26H,1,4,11H2,(H2,23,28)(H,25,29)(H,31,32)/b6-2+/t13-/m0/s1. The lowest BCUT2D eigenvalue weighted by Crippen LogP contribution is -2.44. The Bertz CT molecular complexity index is 1290. The molecule has 10 nitrogen and oxygen atoms in total. The predicted molar refractivity (Wildman–Crippen MR) is 121 cm³/mol. The molecule has 12 heteroatoms. The number of hydrogen-bond donors (Lipinski definition) is 4. The minimum absolute atomic E-state index is 0.0421. The van der Waals surface area contributed by atoms with E-state index in [-0.39, 0.29) is 25.1 Å². The van der Waals surface area contributed by atoms with Crippen molar-refractivity contribution in [2.24, 2.45) is 5.73 Å². The fourth-order valence-electron chi connectivity index (χ4n) is 3.02. The summed E-state index contributed by atoms with van der Waals surface area (Å²) in [5.41, 5.74) is 4.92. The van der Waals surface area contributed by atoms with E-state index in [1.807, 2.05) is 0 Å². The van der Waals surface area contributed by atoms with Crippen molar-refractivity contribution in [3.8, 4) is 0 Å². The van der Waals surface area contributed by atoms with E-state index in [1.165, 1.54) is 46.4 Å². The second-order valence-electron chi connectivity index (χ2n) is 6.95. The minimum atomic E-state index is -1.41. The molecule has 1 aromatic carbocycles. The van der Waals surface area contributed by atoms with Gasteiger partial charge in [-0.05, 0) is 43.2 Å². The zero-order valence-electron chi connectivity index (χ0n) is 17.2. The van der Waals surface area contributed by atoms with Gasteiger partial charge in [-0.1, -0.05) is 6.08 Å². The predicted octanol–water partition coefficient (Wildman–Crippen LogP) is 2.04. The number of fused-ring (bicyclic) bond motifs is 1. The summed E-state index contributed by atoms with van der Waals surface area (Å²) in [5.74, 6) is -1.80. The zero-order valence-corrected chi connectivity index (χ0v) is 18.0. The van der Waals surface area contributed by atoms with Crippen LogP contribution in [0.2, 0.25) is 0 Å². The fourth-order valence-corrected chi connectivity index (χ4v) is 3.96. The Hall–Kier alpha value is -4.06. The van der Waals surface area contributed by atoms with Crippen LogP contribution < -0.4 is 21.9 Å². The van der Waals surface area contributed by atoms with Crippen molar-refractivity contribution in [3.63, 3.8) is 0 Å². The first-order valence-corrected chi connectivity index (χ1v) is 10.6. The summed E-state index contributed by atoms with van der Waals surface area (Å²) >= 11 is 1.31. The van der Waals surface area contributed by atoms with E-state index in [4.69, 9.17) is 10.8 Å². The first kappa shape index (κ1) is 23.6. The number of hydrogen-bond acceptors (Lipinski definition) is 6. The molecule has 0 fully saturated rings. The molecule has 0 unspecified atom stereocenters. The number of nitrogens with two attached hydrogens (primary N) is 1. The number of carbonyl (C=O) groups excluding carboxylic acids is 2. The summed E-state index contributed by atoms with van der Waals surface area (Å²) in [6, 6.07) is 6.04. The van der Waals surface area contributed by atoms with Crippen molar-refractivity contribution in [3.05, 3.63) is 69.9 Å². The van der Waals surface area contributed by atoms with Crippen molar-refractivity contribution < 1.29 is 23.9 Å². The Morgan fingerprint density at radius 1 is 1.30 bits per heavy atom. The van der Waals surface area contributed by atoms with Crippen LogP contribution in [0, 0.1) is 5.82 Å². The van der Waals surface area contributed by atoms with Gasteiger partial charge in [-0.2, -0.15) is 0 Å². The number of allylic oxidation sites excluding steroid dienone is 1. The SMILES string of the molecule is NC(=O)/C=C/CC[C@H](NC(=O)O)C(=O)Nc1cccn(Cc2nc3cc(F)ccc3s2)c1=O. The van der Waals surface area contributed by atoms with Crippen LogP contribution in [-0.4, -0.2) is 38.6 Å². The number of halogens is 1. The van der Waals surface area contributed by atoms with Gasteiger partial charge in [0.25, 0.3) is 5.56 Å². The van der Waals surface area contributed by atoms with Gasteiger partial charge in [0.05, 0.1) is 16.8 Å². The van der Waals surface area contributed by atoms with Crippen LogP contribution in [0.4, 0.5) is 14.9 Å². The van der Waals surface area contributed by atoms with E-state index in [2.05, 4.69) is 15.6 Å². The molecule has 2 heterocycles. The Balaban J connectivity index is 1.74. The molecule has 0 aliphatic rings. The van der Waals surface area contributed by atoms with Gasteiger partial charge in [-0.15, -0.1) is 11.3 Å². The van der Waals surface area contributed by atoms with Crippen molar-refractivity contribution in [1.29, 1.82) is 0 Å². The average Bonchev–Trinajstić information content (AvgIpc) is 3.14.